The number of hydrogen-bond acceptors (Lipinski definition) is 0. The van der Waals surface area contributed by atoms with Crippen molar-refractivity contribution >= 4 is 19.6 Å². The molecule has 1 radical (unpaired) electrons. The molecule has 0 heterocycles. The van der Waals surface area contributed by atoms with E-state index in [4.69, 9.17) is 0 Å². The van der Waals surface area contributed by atoms with E-state index in [0.29, 0.717) is 0 Å². The first-order valence-corrected chi connectivity index (χ1v) is 8.34. The van der Waals surface area contributed by atoms with Crippen molar-refractivity contribution < 1.29 is 0 Å². The summed E-state index contributed by atoms with van der Waals surface area (Å²) in [7, 11) is -0.348. The topological polar surface area (TPSA) is 0 Å². The Kier molecular flexibility index (Phi) is 3.60. The summed E-state index contributed by atoms with van der Waals surface area (Å²) >= 11 is 0. The molecule has 0 saturated carbocycles. The van der Waals surface area contributed by atoms with Gasteiger partial charge in [0.15, 0.2) is 0 Å². The van der Waals surface area contributed by atoms with Gasteiger partial charge in [-0.1, -0.05) is 79.5 Å². The van der Waals surface area contributed by atoms with Crippen LogP contribution in [0.15, 0.2) is 61.2 Å². The Bertz CT molecular complexity index is 495. The normalized spacial score (nSPS) is 10.5. The lowest BCUT2D eigenvalue weighted by atomic mass is 10.00. The maximum absolute atomic E-state index is 4.18. The molecule has 17 heavy (non-hydrogen) atoms. The van der Waals surface area contributed by atoms with Crippen molar-refractivity contribution in [1.29, 1.82) is 0 Å². The molecule has 0 N–H and O–H groups in total. The summed E-state index contributed by atoms with van der Waals surface area (Å²) in [4.78, 5) is 0. The molecule has 0 fully saturated rings. The lowest BCUT2D eigenvalue weighted by Crippen LogP contribution is -2.21. The van der Waals surface area contributed by atoms with E-state index in [1.807, 2.05) is 18.2 Å². The second-order valence-electron chi connectivity index (χ2n) is 4.42. The van der Waals surface area contributed by atoms with Gasteiger partial charge in [0, 0.05) is 0 Å². The van der Waals surface area contributed by atoms with Crippen molar-refractivity contribution in [3.05, 3.63) is 72.3 Å². The molecule has 0 amide bonds. The van der Waals surface area contributed by atoms with Crippen molar-refractivity contribution in [3.63, 3.8) is 0 Å². The van der Waals surface area contributed by atoms with Gasteiger partial charge in [0.25, 0.3) is 0 Å². The second-order valence-corrected chi connectivity index (χ2v) is 7.00. The third kappa shape index (κ3) is 2.74. The highest BCUT2D eigenvalue weighted by molar-refractivity contribution is 6.70. The summed E-state index contributed by atoms with van der Waals surface area (Å²) in [6.45, 7) is 8.80. The first kappa shape index (κ1) is 11.9. The minimum Gasteiger partial charge on any atom is -0.0906 e. The smallest absolute Gasteiger partial charge is 0.0791 e. The Morgan fingerprint density at radius 2 is 1.35 bits per heavy atom. The summed E-state index contributed by atoms with van der Waals surface area (Å²) in [5.41, 5.74) is 3.50. The van der Waals surface area contributed by atoms with Gasteiger partial charge in [0.2, 0.25) is 0 Å². The van der Waals surface area contributed by atoms with Crippen molar-refractivity contribution in [3.8, 4) is 0 Å². The molecule has 0 spiro atoms. The highest BCUT2D eigenvalue weighted by Gasteiger charge is 2.04. The molecule has 0 bridgehead atoms. The van der Waals surface area contributed by atoms with Crippen molar-refractivity contribution in [1.82, 2.24) is 0 Å². The number of benzene rings is 2. The summed E-state index contributed by atoms with van der Waals surface area (Å²) in [6.07, 6.45) is 0. The van der Waals surface area contributed by atoms with Gasteiger partial charge in [-0.2, -0.15) is 0 Å². The lowest BCUT2D eigenvalue weighted by Gasteiger charge is -2.08. The molecule has 0 aliphatic rings. The van der Waals surface area contributed by atoms with Crippen molar-refractivity contribution in [2.45, 2.75) is 13.1 Å². The van der Waals surface area contributed by atoms with Crippen LogP contribution in [0.1, 0.15) is 11.1 Å². The molecular weight excluding hydrogens is 220 g/mol. The molecule has 0 unspecified atom stereocenters. The molecule has 0 nitrogen and oxygen atoms in total. The predicted molar refractivity (Wildman–Crippen MR) is 78.1 cm³/mol. The highest BCUT2D eigenvalue weighted by atomic mass is 28.3. The second kappa shape index (κ2) is 5.15. The predicted octanol–water partition coefficient (Wildman–Crippen LogP) is 3.71. The SMILES string of the molecule is C=C(c1ccccc1)c1ccc([Si](C)C)cc1. The van der Waals surface area contributed by atoms with Gasteiger partial charge >= 0.3 is 0 Å². The zero-order chi connectivity index (χ0) is 12.3. The first-order chi connectivity index (χ1) is 8.18. The van der Waals surface area contributed by atoms with E-state index in [-0.39, 0.29) is 8.80 Å². The molecule has 2 rings (SSSR count). The van der Waals surface area contributed by atoms with E-state index >= 15 is 0 Å². The van der Waals surface area contributed by atoms with Crippen molar-refractivity contribution in [2.24, 2.45) is 0 Å². The Hall–Kier alpha value is -1.60. The Balaban J connectivity index is 2.27. The lowest BCUT2D eigenvalue weighted by molar-refractivity contribution is 1.57. The van der Waals surface area contributed by atoms with Gasteiger partial charge in [-0.25, -0.2) is 0 Å². The third-order valence-electron chi connectivity index (χ3n) is 2.93. The van der Waals surface area contributed by atoms with Crippen LogP contribution in [-0.2, 0) is 0 Å². The van der Waals surface area contributed by atoms with Crippen LogP contribution in [0.4, 0.5) is 0 Å². The minimum absolute atomic E-state index is 0.348. The first-order valence-electron chi connectivity index (χ1n) is 5.84. The summed E-state index contributed by atoms with van der Waals surface area (Å²) in [5, 5.41) is 1.47. The van der Waals surface area contributed by atoms with Crippen LogP contribution >= 0.6 is 0 Å². The van der Waals surface area contributed by atoms with Gasteiger partial charge in [0.05, 0.1) is 8.80 Å². The largest absolute Gasteiger partial charge is 0.0906 e. The van der Waals surface area contributed by atoms with E-state index in [1.165, 1.54) is 16.3 Å². The molecular formula is C16H17Si. The molecule has 2 aromatic rings. The van der Waals surface area contributed by atoms with Crippen LogP contribution in [0.2, 0.25) is 13.1 Å². The zero-order valence-corrected chi connectivity index (χ0v) is 11.4. The van der Waals surface area contributed by atoms with Crippen LogP contribution in [0, 0.1) is 0 Å². The van der Waals surface area contributed by atoms with Gasteiger partial charge in [-0.05, 0) is 16.7 Å². The van der Waals surface area contributed by atoms with Crippen LogP contribution in [0.25, 0.3) is 5.57 Å². The Labute approximate surface area is 105 Å². The fourth-order valence-corrected chi connectivity index (χ4v) is 2.64. The van der Waals surface area contributed by atoms with E-state index in [1.54, 1.807) is 0 Å². The third-order valence-corrected chi connectivity index (χ3v) is 4.42. The summed E-state index contributed by atoms with van der Waals surface area (Å²) in [5.74, 6) is 0. The maximum Gasteiger partial charge on any atom is 0.0791 e. The van der Waals surface area contributed by atoms with Gasteiger partial charge in [-0.3, -0.25) is 0 Å². The molecule has 0 saturated heterocycles. The Morgan fingerprint density at radius 1 is 0.824 bits per heavy atom. The van der Waals surface area contributed by atoms with E-state index < -0.39 is 0 Å². The highest BCUT2D eigenvalue weighted by Crippen LogP contribution is 2.20. The standard InChI is InChI=1S/C16H17Si/c1-13(14-7-5-4-6-8-14)15-9-11-16(12-10-15)17(2)3/h4-12H,1H2,2-3H3. The summed E-state index contributed by atoms with van der Waals surface area (Å²) < 4.78 is 0. The quantitative estimate of drug-likeness (QED) is 0.714. The van der Waals surface area contributed by atoms with Gasteiger partial charge in [-0.15, -0.1) is 0 Å². The van der Waals surface area contributed by atoms with Gasteiger partial charge < -0.3 is 0 Å². The molecule has 2 aromatic carbocycles. The monoisotopic (exact) mass is 237 g/mol. The maximum atomic E-state index is 4.18. The fourth-order valence-electron chi connectivity index (χ4n) is 1.81. The Morgan fingerprint density at radius 3 is 1.88 bits per heavy atom. The molecule has 1 heteroatoms. The van der Waals surface area contributed by atoms with Crippen LogP contribution < -0.4 is 5.19 Å². The number of rotatable bonds is 3. The van der Waals surface area contributed by atoms with Crippen LogP contribution in [-0.4, -0.2) is 8.80 Å². The van der Waals surface area contributed by atoms with E-state index in [9.17, 15) is 0 Å². The summed E-state index contributed by atoms with van der Waals surface area (Å²) in [6, 6.07) is 19.2. The molecule has 0 atom stereocenters. The van der Waals surface area contributed by atoms with Crippen LogP contribution in [0.3, 0.4) is 0 Å². The molecule has 0 aliphatic heterocycles. The molecule has 0 aromatic heterocycles. The van der Waals surface area contributed by atoms with Gasteiger partial charge in [0.1, 0.15) is 0 Å². The van der Waals surface area contributed by atoms with Crippen molar-refractivity contribution in [2.75, 3.05) is 0 Å². The number of hydrogen-bond donors (Lipinski definition) is 0. The average Bonchev–Trinajstić information content (AvgIpc) is 2.39. The molecule has 0 aliphatic carbocycles. The zero-order valence-electron chi connectivity index (χ0n) is 10.4. The fraction of sp³-hybridized carbons (Fsp3) is 0.125. The minimum atomic E-state index is -0.348. The molecule has 85 valence electrons. The van der Waals surface area contributed by atoms with E-state index in [2.05, 4.69) is 56.1 Å². The van der Waals surface area contributed by atoms with Crippen LogP contribution in [0.5, 0.6) is 0 Å². The average molecular weight is 237 g/mol. The van der Waals surface area contributed by atoms with E-state index in [0.717, 1.165) is 5.57 Å².